The SMILES string of the molecule is Cc1cccc(N)c1NC(=O)c1ccc(Cl)o1. The van der Waals surface area contributed by atoms with E-state index < -0.39 is 0 Å². The van der Waals surface area contributed by atoms with Gasteiger partial charge in [-0.1, -0.05) is 12.1 Å². The number of hydrogen-bond acceptors (Lipinski definition) is 3. The smallest absolute Gasteiger partial charge is 0.291 e. The van der Waals surface area contributed by atoms with E-state index in [0.717, 1.165) is 5.56 Å². The van der Waals surface area contributed by atoms with Crippen LogP contribution in [-0.2, 0) is 0 Å². The average molecular weight is 251 g/mol. The summed E-state index contributed by atoms with van der Waals surface area (Å²) in [4.78, 5) is 11.8. The van der Waals surface area contributed by atoms with Crippen molar-refractivity contribution in [3.8, 4) is 0 Å². The standard InChI is InChI=1S/C12H11ClN2O2/c1-7-3-2-4-8(14)11(7)15-12(16)9-5-6-10(13)17-9/h2-6H,14H2,1H3,(H,15,16). The largest absolute Gasteiger partial charge is 0.440 e. The maximum atomic E-state index is 11.8. The topological polar surface area (TPSA) is 68.3 Å². The van der Waals surface area contributed by atoms with Crippen molar-refractivity contribution in [2.75, 3.05) is 11.1 Å². The molecule has 1 heterocycles. The Hall–Kier alpha value is -1.94. The summed E-state index contributed by atoms with van der Waals surface area (Å²) in [5.41, 5.74) is 7.76. The number of halogens is 1. The highest BCUT2D eigenvalue weighted by Gasteiger charge is 2.13. The number of benzene rings is 1. The van der Waals surface area contributed by atoms with E-state index in [1.165, 1.54) is 12.1 Å². The maximum Gasteiger partial charge on any atom is 0.291 e. The van der Waals surface area contributed by atoms with Gasteiger partial charge in [-0.2, -0.15) is 0 Å². The molecule has 1 aromatic carbocycles. The highest BCUT2D eigenvalue weighted by molar-refractivity contribution is 6.29. The molecular formula is C12H11ClN2O2. The molecule has 0 unspecified atom stereocenters. The number of nitrogens with one attached hydrogen (secondary N) is 1. The summed E-state index contributed by atoms with van der Waals surface area (Å²) in [6.07, 6.45) is 0. The van der Waals surface area contributed by atoms with Crippen LogP contribution >= 0.6 is 11.6 Å². The van der Waals surface area contributed by atoms with Crippen molar-refractivity contribution in [2.45, 2.75) is 6.92 Å². The third-order valence-corrected chi connectivity index (χ3v) is 2.54. The zero-order valence-corrected chi connectivity index (χ0v) is 9.91. The second-order valence-corrected chi connectivity index (χ2v) is 3.97. The van der Waals surface area contributed by atoms with E-state index in [4.69, 9.17) is 21.8 Å². The number of carbonyl (C=O) groups excluding carboxylic acids is 1. The third kappa shape index (κ3) is 2.42. The van der Waals surface area contributed by atoms with Gasteiger partial charge < -0.3 is 15.5 Å². The summed E-state index contributed by atoms with van der Waals surface area (Å²) in [5.74, 6) is -0.226. The van der Waals surface area contributed by atoms with E-state index in [9.17, 15) is 4.79 Å². The number of nitrogens with two attached hydrogens (primary N) is 1. The molecular weight excluding hydrogens is 240 g/mol. The Bertz CT molecular complexity index is 543. The van der Waals surface area contributed by atoms with Gasteiger partial charge in [-0.05, 0) is 42.3 Å². The highest BCUT2D eigenvalue weighted by atomic mass is 35.5. The van der Waals surface area contributed by atoms with Crippen molar-refractivity contribution < 1.29 is 9.21 Å². The first-order chi connectivity index (χ1) is 8.08. The van der Waals surface area contributed by atoms with Crippen LogP contribution in [0.25, 0.3) is 0 Å². The van der Waals surface area contributed by atoms with E-state index >= 15 is 0 Å². The second-order valence-electron chi connectivity index (χ2n) is 3.60. The van der Waals surface area contributed by atoms with Crippen molar-refractivity contribution in [2.24, 2.45) is 0 Å². The molecule has 0 atom stereocenters. The summed E-state index contributed by atoms with van der Waals surface area (Å²) >= 11 is 5.60. The zero-order chi connectivity index (χ0) is 12.4. The summed E-state index contributed by atoms with van der Waals surface area (Å²) in [5, 5.41) is 2.87. The van der Waals surface area contributed by atoms with Crippen molar-refractivity contribution in [1.29, 1.82) is 0 Å². The highest BCUT2D eigenvalue weighted by Crippen LogP contribution is 2.23. The molecule has 0 aliphatic rings. The first-order valence-corrected chi connectivity index (χ1v) is 5.37. The number of amides is 1. The normalized spacial score (nSPS) is 10.2. The van der Waals surface area contributed by atoms with Gasteiger partial charge in [-0.25, -0.2) is 0 Å². The Kier molecular flexibility index (Phi) is 3.06. The van der Waals surface area contributed by atoms with Gasteiger partial charge in [0.25, 0.3) is 5.91 Å². The lowest BCUT2D eigenvalue weighted by Crippen LogP contribution is -2.13. The molecule has 2 aromatic rings. The number of para-hydroxylation sites is 1. The third-order valence-electron chi connectivity index (χ3n) is 2.34. The molecule has 3 N–H and O–H groups in total. The molecule has 5 heteroatoms. The second kappa shape index (κ2) is 4.51. The number of furan rings is 1. The van der Waals surface area contributed by atoms with Crippen molar-refractivity contribution in [3.05, 3.63) is 46.9 Å². The molecule has 1 aromatic heterocycles. The number of carbonyl (C=O) groups is 1. The zero-order valence-electron chi connectivity index (χ0n) is 9.16. The quantitative estimate of drug-likeness (QED) is 0.805. The molecule has 17 heavy (non-hydrogen) atoms. The lowest BCUT2D eigenvalue weighted by Gasteiger charge is -2.09. The molecule has 0 radical (unpaired) electrons. The van der Waals surface area contributed by atoms with E-state index in [2.05, 4.69) is 5.32 Å². The van der Waals surface area contributed by atoms with Gasteiger partial charge in [-0.3, -0.25) is 4.79 Å². The molecule has 88 valence electrons. The first-order valence-electron chi connectivity index (χ1n) is 4.99. The Morgan fingerprint density at radius 2 is 2.12 bits per heavy atom. The number of anilines is 2. The molecule has 0 aliphatic heterocycles. The van der Waals surface area contributed by atoms with Crippen LogP contribution in [0.3, 0.4) is 0 Å². The van der Waals surface area contributed by atoms with Gasteiger partial charge in [0.2, 0.25) is 0 Å². The Labute approximate surface area is 103 Å². The lowest BCUT2D eigenvalue weighted by molar-refractivity contribution is 0.0996. The molecule has 4 nitrogen and oxygen atoms in total. The molecule has 1 amide bonds. The average Bonchev–Trinajstić information content (AvgIpc) is 2.70. The van der Waals surface area contributed by atoms with Gasteiger partial charge in [0.1, 0.15) is 0 Å². The van der Waals surface area contributed by atoms with Gasteiger partial charge in [-0.15, -0.1) is 0 Å². The van der Waals surface area contributed by atoms with Crippen LogP contribution in [0.4, 0.5) is 11.4 Å². The predicted molar refractivity (Wildman–Crippen MR) is 67.3 cm³/mol. The fourth-order valence-corrected chi connectivity index (χ4v) is 1.62. The van der Waals surface area contributed by atoms with Gasteiger partial charge >= 0.3 is 0 Å². The van der Waals surface area contributed by atoms with Crippen LogP contribution in [0.1, 0.15) is 16.1 Å². The molecule has 0 fully saturated rings. The predicted octanol–water partition coefficient (Wildman–Crippen LogP) is 3.08. The summed E-state index contributed by atoms with van der Waals surface area (Å²) in [6, 6.07) is 8.42. The van der Waals surface area contributed by atoms with E-state index in [1.807, 2.05) is 19.1 Å². The first kappa shape index (κ1) is 11.5. The van der Waals surface area contributed by atoms with Crippen LogP contribution in [0, 0.1) is 6.92 Å². The Morgan fingerprint density at radius 1 is 1.35 bits per heavy atom. The van der Waals surface area contributed by atoms with Gasteiger partial charge in [0.15, 0.2) is 11.0 Å². The number of hydrogen-bond donors (Lipinski definition) is 2. The number of rotatable bonds is 2. The number of aryl methyl sites for hydroxylation is 1. The maximum absolute atomic E-state index is 11.8. The molecule has 0 saturated heterocycles. The van der Waals surface area contributed by atoms with Crippen molar-refractivity contribution >= 4 is 28.9 Å². The summed E-state index contributed by atoms with van der Waals surface area (Å²) in [6.45, 7) is 1.86. The minimum atomic E-state index is -0.377. The van der Waals surface area contributed by atoms with E-state index in [1.54, 1.807) is 6.07 Å². The number of nitrogen functional groups attached to an aromatic ring is 1. The summed E-state index contributed by atoms with van der Waals surface area (Å²) < 4.78 is 5.01. The van der Waals surface area contributed by atoms with Crippen LogP contribution < -0.4 is 11.1 Å². The monoisotopic (exact) mass is 250 g/mol. The van der Waals surface area contributed by atoms with Crippen LogP contribution in [-0.4, -0.2) is 5.91 Å². The minimum Gasteiger partial charge on any atom is -0.440 e. The summed E-state index contributed by atoms with van der Waals surface area (Å²) in [7, 11) is 0. The van der Waals surface area contributed by atoms with Crippen LogP contribution in [0.2, 0.25) is 5.22 Å². The molecule has 0 spiro atoms. The van der Waals surface area contributed by atoms with Crippen LogP contribution in [0.5, 0.6) is 0 Å². The van der Waals surface area contributed by atoms with E-state index in [0.29, 0.717) is 11.4 Å². The van der Waals surface area contributed by atoms with Crippen LogP contribution in [0.15, 0.2) is 34.7 Å². The van der Waals surface area contributed by atoms with Gasteiger partial charge in [0.05, 0.1) is 11.4 Å². The Balaban J connectivity index is 2.24. The lowest BCUT2D eigenvalue weighted by atomic mass is 10.1. The fourth-order valence-electron chi connectivity index (χ4n) is 1.47. The van der Waals surface area contributed by atoms with Crippen molar-refractivity contribution in [3.63, 3.8) is 0 Å². The molecule has 0 bridgehead atoms. The minimum absolute atomic E-state index is 0.151. The van der Waals surface area contributed by atoms with E-state index in [-0.39, 0.29) is 16.9 Å². The molecule has 0 saturated carbocycles. The molecule has 2 rings (SSSR count). The van der Waals surface area contributed by atoms with Gasteiger partial charge in [0, 0.05) is 0 Å². The van der Waals surface area contributed by atoms with Crippen molar-refractivity contribution in [1.82, 2.24) is 0 Å². The Morgan fingerprint density at radius 3 is 2.71 bits per heavy atom. The fraction of sp³-hybridized carbons (Fsp3) is 0.0833. The molecule has 0 aliphatic carbocycles.